The minimum absolute atomic E-state index is 0.134. The Morgan fingerprint density at radius 2 is 0.593 bits per heavy atom. The number of ether oxygens (including phenoxy) is 7. The van der Waals surface area contributed by atoms with Gasteiger partial charge in [-0.05, 0) is 51.4 Å². The maximum Gasteiger partial charge on any atom is 0.162 e. The highest BCUT2D eigenvalue weighted by atomic mass is 16.7. The summed E-state index contributed by atoms with van der Waals surface area (Å²) in [5, 5.41) is 0. The SMILES string of the molecule is CCCCCCCCCC(OCOCOC(CCCCCCCCC)C(OCCCC)=C(CCCCC)OCCCC)C(OCCCC)=C(CCCCC)OCCCC. The van der Waals surface area contributed by atoms with E-state index >= 15 is 0 Å². The average molecular weight is 839 g/mol. The molecule has 0 aliphatic heterocycles. The maximum absolute atomic E-state index is 6.69. The van der Waals surface area contributed by atoms with Crippen molar-refractivity contribution in [3.8, 4) is 0 Å². The summed E-state index contributed by atoms with van der Waals surface area (Å²) in [6.07, 6.45) is 36.0. The molecule has 0 heterocycles. The molecular weight excluding hydrogens is 737 g/mol. The third kappa shape index (κ3) is 33.8. The van der Waals surface area contributed by atoms with Crippen molar-refractivity contribution in [2.24, 2.45) is 0 Å². The van der Waals surface area contributed by atoms with E-state index in [1.807, 2.05) is 0 Å². The first-order valence-corrected chi connectivity index (χ1v) is 25.9. The first-order chi connectivity index (χ1) is 29.1. The molecular formula is C52H102O7. The summed E-state index contributed by atoms with van der Waals surface area (Å²) in [6.45, 7) is 21.0. The standard InChI is InChI=1S/C52H102O7/c1-9-17-25-27-29-31-35-39-49(51(56-43-23-15-7)47(37-33-19-11-3)54-41-21-13-5)58-45-53-46-59-50(40-36-32-30-28-26-18-10-2)52(57-44-24-16-8)48(38-34-20-12-4)55-42-22-14-6/h49-50H,9-46H2,1-8H3. The van der Waals surface area contributed by atoms with Crippen LogP contribution in [0.1, 0.15) is 261 Å². The van der Waals surface area contributed by atoms with Gasteiger partial charge in [-0.25, -0.2) is 0 Å². The second-order valence-electron chi connectivity index (χ2n) is 16.9. The molecule has 2 atom stereocenters. The van der Waals surface area contributed by atoms with E-state index in [1.54, 1.807) is 0 Å². The van der Waals surface area contributed by atoms with Crippen LogP contribution >= 0.6 is 0 Å². The van der Waals surface area contributed by atoms with Crippen LogP contribution in [0, 0.1) is 0 Å². The summed E-state index contributed by atoms with van der Waals surface area (Å²) in [4.78, 5) is 0. The van der Waals surface area contributed by atoms with Crippen molar-refractivity contribution in [1.82, 2.24) is 0 Å². The van der Waals surface area contributed by atoms with Crippen molar-refractivity contribution in [2.75, 3.05) is 40.0 Å². The second-order valence-corrected chi connectivity index (χ2v) is 16.9. The van der Waals surface area contributed by atoms with Crippen LogP contribution in [0.3, 0.4) is 0 Å². The molecule has 0 radical (unpaired) electrons. The minimum atomic E-state index is -0.214. The van der Waals surface area contributed by atoms with E-state index in [2.05, 4.69) is 55.4 Å². The van der Waals surface area contributed by atoms with Crippen molar-refractivity contribution < 1.29 is 33.2 Å². The molecule has 59 heavy (non-hydrogen) atoms. The van der Waals surface area contributed by atoms with Crippen molar-refractivity contribution in [3.05, 3.63) is 23.0 Å². The molecule has 0 spiro atoms. The fraction of sp³-hybridized carbons (Fsp3) is 0.923. The van der Waals surface area contributed by atoms with Gasteiger partial charge in [0, 0.05) is 12.8 Å². The van der Waals surface area contributed by atoms with Gasteiger partial charge in [-0.1, -0.05) is 197 Å². The third-order valence-corrected chi connectivity index (χ3v) is 11.1. The van der Waals surface area contributed by atoms with Gasteiger partial charge in [-0.3, -0.25) is 0 Å². The molecule has 2 unspecified atom stereocenters. The minimum Gasteiger partial charge on any atom is -0.494 e. The largest absolute Gasteiger partial charge is 0.494 e. The Kier molecular flexibility index (Phi) is 44.9. The predicted octanol–water partition coefficient (Wildman–Crippen LogP) is 16.8. The lowest BCUT2D eigenvalue weighted by Crippen LogP contribution is -2.25. The maximum atomic E-state index is 6.69. The van der Waals surface area contributed by atoms with E-state index in [4.69, 9.17) is 33.2 Å². The Morgan fingerprint density at radius 3 is 0.932 bits per heavy atom. The van der Waals surface area contributed by atoms with Crippen LogP contribution < -0.4 is 0 Å². The Bertz CT molecular complexity index is 823. The summed E-state index contributed by atoms with van der Waals surface area (Å²) in [7, 11) is 0. The van der Waals surface area contributed by atoms with E-state index < -0.39 is 0 Å². The molecule has 0 amide bonds. The predicted molar refractivity (Wildman–Crippen MR) is 252 cm³/mol. The molecule has 0 aliphatic carbocycles. The summed E-state index contributed by atoms with van der Waals surface area (Å²) in [6, 6.07) is 0. The first kappa shape index (κ1) is 57.6. The van der Waals surface area contributed by atoms with Gasteiger partial charge in [0.1, 0.15) is 23.7 Å². The van der Waals surface area contributed by atoms with Crippen LogP contribution in [-0.2, 0) is 33.2 Å². The molecule has 0 aromatic heterocycles. The highest BCUT2D eigenvalue weighted by Gasteiger charge is 2.25. The fourth-order valence-corrected chi connectivity index (χ4v) is 7.09. The van der Waals surface area contributed by atoms with E-state index in [1.165, 1.54) is 103 Å². The lowest BCUT2D eigenvalue weighted by molar-refractivity contribution is -0.167. The number of allylic oxidation sites excluding steroid dienone is 2. The van der Waals surface area contributed by atoms with Gasteiger partial charge in [-0.15, -0.1) is 0 Å². The van der Waals surface area contributed by atoms with Crippen LogP contribution in [0.4, 0.5) is 0 Å². The van der Waals surface area contributed by atoms with E-state index in [9.17, 15) is 0 Å². The van der Waals surface area contributed by atoms with Gasteiger partial charge >= 0.3 is 0 Å². The molecule has 352 valence electrons. The monoisotopic (exact) mass is 839 g/mol. The molecule has 0 bridgehead atoms. The van der Waals surface area contributed by atoms with Gasteiger partial charge in [0.15, 0.2) is 25.1 Å². The van der Waals surface area contributed by atoms with E-state index in [-0.39, 0.29) is 25.8 Å². The Balaban J connectivity index is 6.34. The zero-order valence-corrected chi connectivity index (χ0v) is 40.9. The van der Waals surface area contributed by atoms with Crippen molar-refractivity contribution in [2.45, 2.75) is 273 Å². The summed E-state index contributed by atoms with van der Waals surface area (Å²) in [5.41, 5.74) is 0. The quantitative estimate of drug-likeness (QED) is 0.0343. The van der Waals surface area contributed by atoms with Crippen LogP contribution in [0.5, 0.6) is 0 Å². The van der Waals surface area contributed by atoms with Gasteiger partial charge in [0.05, 0.1) is 26.4 Å². The lowest BCUT2D eigenvalue weighted by Gasteiger charge is -2.26. The van der Waals surface area contributed by atoms with Crippen LogP contribution in [-0.4, -0.2) is 52.2 Å². The van der Waals surface area contributed by atoms with Crippen LogP contribution in [0.15, 0.2) is 23.0 Å². The molecule has 0 aromatic rings. The van der Waals surface area contributed by atoms with Crippen molar-refractivity contribution in [3.63, 3.8) is 0 Å². The number of hydrogen-bond acceptors (Lipinski definition) is 7. The zero-order valence-electron chi connectivity index (χ0n) is 40.9. The molecule has 0 fully saturated rings. The number of hydrogen-bond donors (Lipinski definition) is 0. The van der Waals surface area contributed by atoms with Crippen LogP contribution in [0.2, 0.25) is 0 Å². The summed E-state index contributed by atoms with van der Waals surface area (Å²) < 4.78 is 46.0. The normalized spacial score (nSPS) is 13.6. The van der Waals surface area contributed by atoms with Gasteiger partial charge in [-0.2, -0.15) is 0 Å². The van der Waals surface area contributed by atoms with Gasteiger partial charge < -0.3 is 33.2 Å². The number of rotatable bonds is 48. The molecule has 0 rings (SSSR count). The number of unbranched alkanes of at least 4 members (excludes halogenated alkanes) is 20. The zero-order chi connectivity index (χ0) is 43.3. The topological polar surface area (TPSA) is 64.6 Å². The van der Waals surface area contributed by atoms with Crippen molar-refractivity contribution in [1.29, 1.82) is 0 Å². The fourth-order valence-electron chi connectivity index (χ4n) is 7.09. The molecule has 0 saturated carbocycles. The van der Waals surface area contributed by atoms with Crippen molar-refractivity contribution >= 4 is 0 Å². The Morgan fingerprint density at radius 1 is 0.305 bits per heavy atom. The third-order valence-electron chi connectivity index (χ3n) is 11.1. The summed E-state index contributed by atoms with van der Waals surface area (Å²) >= 11 is 0. The van der Waals surface area contributed by atoms with E-state index in [0.717, 1.165) is 126 Å². The average Bonchev–Trinajstić information content (AvgIpc) is 3.24. The second kappa shape index (κ2) is 46.1. The Labute approximate surface area is 368 Å². The van der Waals surface area contributed by atoms with Crippen LogP contribution in [0.25, 0.3) is 0 Å². The van der Waals surface area contributed by atoms with E-state index in [0.29, 0.717) is 26.4 Å². The first-order valence-electron chi connectivity index (χ1n) is 25.9. The highest BCUT2D eigenvalue weighted by Crippen LogP contribution is 2.28. The summed E-state index contributed by atoms with van der Waals surface area (Å²) in [5.74, 6) is 3.77. The Hall–Kier alpha value is -1.44. The highest BCUT2D eigenvalue weighted by molar-refractivity contribution is 5.09. The van der Waals surface area contributed by atoms with Gasteiger partial charge in [0.2, 0.25) is 0 Å². The van der Waals surface area contributed by atoms with Gasteiger partial charge in [0.25, 0.3) is 0 Å². The molecule has 0 N–H and O–H groups in total. The molecule has 7 heteroatoms. The lowest BCUT2D eigenvalue weighted by atomic mass is 10.0. The molecule has 0 aromatic carbocycles. The molecule has 7 nitrogen and oxygen atoms in total. The molecule has 0 saturated heterocycles. The molecule has 0 aliphatic rings. The smallest absolute Gasteiger partial charge is 0.162 e.